The molecule has 214 valence electrons. The molecule has 5 aromatic rings. The van der Waals surface area contributed by atoms with E-state index in [-0.39, 0.29) is 17.4 Å². The lowest BCUT2D eigenvalue weighted by atomic mass is 10.1. The van der Waals surface area contributed by atoms with Crippen LogP contribution in [0.2, 0.25) is 0 Å². The van der Waals surface area contributed by atoms with Crippen molar-refractivity contribution < 1.29 is 14.4 Å². The van der Waals surface area contributed by atoms with Crippen molar-refractivity contribution in [2.45, 2.75) is 11.8 Å². The highest BCUT2D eigenvalue weighted by Gasteiger charge is 2.16. The summed E-state index contributed by atoms with van der Waals surface area (Å²) in [6.07, 6.45) is 4.79. The van der Waals surface area contributed by atoms with E-state index in [9.17, 15) is 14.4 Å². The molecule has 0 fully saturated rings. The normalized spacial score (nSPS) is 11.0. The summed E-state index contributed by atoms with van der Waals surface area (Å²) in [7, 11) is 0. The average Bonchev–Trinajstić information content (AvgIpc) is 3.40. The van der Waals surface area contributed by atoms with Crippen molar-refractivity contribution in [2.75, 3.05) is 16.4 Å². The minimum atomic E-state index is -0.499. The monoisotopic (exact) mass is 605 g/mol. The Morgan fingerprint density at radius 1 is 0.884 bits per heavy atom. The number of hydrogen-bond acceptors (Lipinski definition) is 7. The maximum Gasteiger partial charge on any atom is 0.272 e. The Labute approximate surface area is 257 Å². The third-order valence-electron chi connectivity index (χ3n) is 6.08. The van der Waals surface area contributed by atoms with Gasteiger partial charge in [0.05, 0.1) is 11.4 Å². The predicted octanol–water partition coefficient (Wildman–Crippen LogP) is 6.65. The molecular weight excluding hydrogens is 579 g/mol. The molecule has 2 heterocycles. The minimum Gasteiger partial charge on any atom is -0.321 e. The number of thiazole rings is 1. The molecule has 10 heteroatoms. The molecule has 0 saturated carbocycles. The van der Waals surface area contributed by atoms with E-state index in [4.69, 9.17) is 0 Å². The van der Waals surface area contributed by atoms with E-state index < -0.39 is 11.8 Å². The van der Waals surface area contributed by atoms with Gasteiger partial charge in [0, 0.05) is 39.0 Å². The molecular formula is C33H27N5O3S2. The van der Waals surface area contributed by atoms with Gasteiger partial charge in [-0.3, -0.25) is 19.4 Å². The summed E-state index contributed by atoms with van der Waals surface area (Å²) in [6.45, 7) is 1.98. The largest absolute Gasteiger partial charge is 0.321 e. The van der Waals surface area contributed by atoms with E-state index in [1.54, 1.807) is 73.1 Å². The molecule has 2 aromatic heterocycles. The molecule has 0 aliphatic rings. The van der Waals surface area contributed by atoms with E-state index in [0.717, 1.165) is 21.0 Å². The lowest BCUT2D eigenvalue weighted by Gasteiger charge is -2.12. The van der Waals surface area contributed by atoms with Crippen molar-refractivity contribution in [3.05, 3.63) is 131 Å². The lowest BCUT2D eigenvalue weighted by molar-refractivity contribution is -0.114. The Bertz CT molecular complexity index is 1760. The molecule has 43 heavy (non-hydrogen) atoms. The molecule has 0 spiro atoms. The Kier molecular flexibility index (Phi) is 9.73. The van der Waals surface area contributed by atoms with Crippen molar-refractivity contribution in [1.82, 2.24) is 15.3 Å². The van der Waals surface area contributed by atoms with E-state index in [1.807, 2.05) is 49.4 Å². The summed E-state index contributed by atoms with van der Waals surface area (Å²) >= 11 is 2.77. The number of carbonyl (C=O) groups excluding carboxylic acids is 3. The van der Waals surface area contributed by atoms with Gasteiger partial charge in [-0.25, -0.2) is 4.98 Å². The van der Waals surface area contributed by atoms with E-state index in [0.29, 0.717) is 21.9 Å². The molecule has 3 aromatic carbocycles. The number of benzene rings is 3. The smallest absolute Gasteiger partial charge is 0.272 e. The van der Waals surface area contributed by atoms with Gasteiger partial charge >= 0.3 is 0 Å². The van der Waals surface area contributed by atoms with E-state index in [2.05, 4.69) is 25.9 Å². The van der Waals surface area contributed by atoms with Crippen molar-refractivity contribution in [1.29, 1.82) is 0 Å². The van der Waals surface area contributed by atoms with Gasteiger partial charge in [-0.05, 0) is 55.0 Å². The Hall–Kier alpha value is -5.06. The molecule has 0 radical (unpaired) electrons. The molecule has 3 amide bonds. The van der Waals surface area contributed by atoms with Crippen LogP contribution < -0.4 is 16.0 Å². The van der Waals surface area contributed by atoms with Gasteiger partial charge in [0.25, 0.3) is 11.8 Å². The summed E-state index contributed by atoms with van der Waals surface area (Å²) in [4.78, 5) is 49.3. The van der Waals surface area contributed by atoms with Crippen molar-refractivity contribution in [3.8, 4) is 11.3 Å². The van der Waals surface area contributed by atoms with Crippen molar-refractivity contribution in [2.24, 2.45) is 0 Å². The van der Waals surface area contributed by atoms with Crippen LogP contribution in [0.5, 0.6) is 0 Å². The zero-order valence-electron chi connectivity index (χ0n) is 23.1. The van der Waals surface area contributed by atoms with Crippen LogP contribution in [-0.2, 0) is 9.59 Å². The number of rotatable bonds is 10. The molecule has 3 N–H and O–H groups in total. The van der Waals surface area contributed by atoms with Crippen LogP contribution in [0.15, 0.2) is 120 Å². The highest BCUT2D eigenvalue weighted by Crippen LogP contribution is 2.30. The van der Waals surface area contributed by atoms with Crippen LogP contribution >= 0.6 is 23.1 Å². The van der Waals surface area contributed by atoms with Gasteiger partial charge in [0.2, 0.25) is 5.91 Å². The van der Waals surface area contributed by atoms with Crippen LogP contribution in [0.3, 0.4) is 0 Å². The Morgan fingerprint density at radius 2 is 1.65 bits per heavy atom. The second-order valence-electron chi connectivity index (χ2n) is 9.27. The fourth-order valence-corrected chi connectivity index (χ4v) is 5.66. The number of amides is 3. The number of hydrogen-bond donors (Lipinski definition) is 3. The molecule has 0 aliphatic heterocycles. The lowest BCUT2D eigenvalue weighted by Crippen LogP contribution is -2.30. The van der Waals surface area contributed by atoms with E-state index >= 15 is 0 Å². The number of nitrogens with zero attached hydrogens (tertiary/aromatic N) is 2. The Balaban J connectivity index is 1.22. The standard InChI is InChI=1S/C33H27N5O3S2/c1-22-30(24-11-4-2-5-12-24)38-33(43-22)37-29(39)21-42-27-16-8-15-26(19-27)35-32(41)28(18-23-10-9-17-34-20-23)36-31(40)25-13-6-3-7-14-25/h2-20H,21H2,1H3,(H,35,41)(H,36,40)(H,37,38,39)/b28-18-. The summed E-state index contributed by atoms with van der Waals surface area (Å²) in [6, 6.07) is 29.2. The van der Waals surface area contributed by atoms with Gasteiger partial charge < -0.3 is 16.0 Å². The number of nitrogens with one attached hydrogen (secondary N) is 3. The van der Waals surface area contributed by atoms with Crippen LogP contribution in [0.25, 0.3) is 17.3 Å². The van der Waals surface area contributed by atoms with Gasteiger partial charge in [-0.1, -0.05) is 60.7 Å². The van der Waals surface area contributed by atoms with Crippen molar-refractivity contribution >= 4 is 57.7 Å². The zero-order valence-corrected chi connectivity index (χ0v) is 24.7. The second-order valence-corrected chi connectivity index (χ2v) is 11.5. The highest BCUT2D eigenvalue weighted by molar-refractivity contribution is 8.00. The third kappa shape index (κ3) is 8.25. The van der Waals surface area contributed by atoms with Gasteiger partial charge in [-0.15, -0.1) is 23.1 Å². The van der Waals surface area contributed by atoms with Gasteiger partial charge in [0.1, 0.15) is 5.70 Å². The summed E-state index contributed by atoms with van der Waals surface area (Å²) in [5.74, 6) is -0.928. The molecule has 5 rings (SSSR count). The number of pyridine rings is 1. The molecule has 0 unspecified atom stereocenters. The molecule has 0 bridgehead atoms. The number of aryl methyl sites for hydroxylation is 1. The van der Waals surface area contributed by atoms with Crippen LogP contribution in [0.1, 0.15) is 20.8 Å². The summed E-state index contributed by atoms with van der Waals surface area (Å²) in [5.41, 5.74) is 3.52. The number of thioether (sulfide) groups is 1. The van der Waals surface area contributed by atoms with Crippen LogP contribution in [-0.4, -0.2) is 33.4 Å². The first-order valence-electron chi connectivity index (χ1n) is 13.3. The summed E-state index contributed by atoms with van der Waals surface area (Å²) < 4.78 is 0. The van der Waals surface area contributed by atoms with Crippen LogP contribution in [0, 0.1) is 6.92 Å². The Morgan fingerprint density at radius 3 is 2.40 bits per heavy atom. The second kappa shape index (κ2) is 14.2. The number of carbonyl (C=O) groups is 3. The first-order valence-corrected chi connectivity index (χ1v) is 15.1. The fourth-order valence-electron chi connectivity index (χ4n) is 4.05. The topological polar surface area (TPSA) is 113 Å². The number of aromatic nitrogens is 2. The van der Waals surface area contributed by atoms with E-state index in [1.165, 1.54) is 23.1 Å². The highest BCUT2D eigenvalue weighted by atomic mass is 32.2. The maximum atomic E-state index is 13.3. The van der Waals surface area contributed by atoms with Gasteiger partial charge in [-0.2, -0.15) is 0 Å². The predicted molar refractivity (Wildman–Crippen MR) is 173 cm³/mol. The third-order valence-corrected chi connectivity index (χ3v) is 7.96. The fraction of sp³-hybridized carbons (Fsp3) is 0.0606. The van der Waals surface area contributed by atoms with Gasteiger partial charge in [0.15, 0.2) is 5.13 Å². The van der Waals surface area contributed by atoms with Crippen molar-refractivity contribution in [3.63, 3.8) is 0 Å². The van der Waals surface area contributed by atoms with Crippen LogP contribution in [0.4, 0.5) is 10.8 Å². The molecule has 0 saturated heterocycles. The minimum absolute atomic E-state index is 0.0629. The average molecular weight is 606 g/mol. The summed E-state index contributed by atoms with van der Waals surface area (Å²) in [5, 5.41) is 9.00. The SMILES string of the molecule is Cc1sc(NC(=O)CSc2cccc(NC(=O)/C(=C/c3cccnc3)NC(=O)c3ccccc3)c2)nc1-c1ccccc1. The first-order chi connectivity index (χ1) is 20.9. The zero-order chi connectivity index (χ0) is 30.0. The quantitative estimate of drug-likeness (QED) is 0.121. The molecule has 8 nitrogen and oxygen atoms in total. The number of anilines is 2. The first kappa shape index (κ1) is 29.4. The molecule has 0 aliphatic carbocycles. The molecule has 0 atom stereocenters. The maximum absolute atomic E-state index is 13.3.